The van der Waals surface area contributed by atoms with Crippen molar-refractivity contribution >= 4 is 10.8 Å². The zero-order valence-electron chi connectivity index (χ0n) is 11.1. The molecule has 2 aromatic carbocycles. The first-order valence-electron chi connectivity index (χ1n) is 6.38. The van der Waals surface area contributed by atoms with Gasteiger partial charge in [0.05, 0.1) is 6.26 Å². The minimum atomic E-state index is -0.650. The second-order valence-corrected chi connectivity index (χ2v) is 4.91. The highest BCUT2D eigenvalue weighted by molar-refractivity contribution is 5.89. The van der Waals surface area contributed by atoms with Crippen molar-refractivity contribution in [3.63, 3.8) is 0 Å². The van der Waals surface area contributed by atoms with E-state index in [1.54, 1.807) is 6.26 Å². The van der Waals surface area contributed by atoms with Crippen molar-refractivity contribution < 1.29 is 9.52 Å². The van der Waals surface area contributed by atoms with E-state index < -0.39 is 6.10 Å². The van der Waals surface area contributed by atoms with Crippen molar-refractivity contribution in [1.82, 2.24) is 0 Å². The molecule has 1 unspecified atom stereocenters. The molecule has 0 aliphatic heterocycles. The highest BCUT2D eigenvalue weighted by Crippen LogP contribution is 2.31. The molecule has 3 aromatic rings. The Kier molecular flexibility index (Phi) is 2.88. The van der Waals surface area contributed by atoms with Crippen LogP contribution in [0.1, 0.15) is 28.6 Å². The van der Waals surface area contributed by atoms with Crippen LogP contribution < -0.4 is 0 Å². The van der Waals surface area contributed by atoms with Gasteiger partial charge in [0.25, 0.3) is 0 Å². The molecule has 2 nitrogen and oxygen atoms in total. The maximum absolute atomic E-state index is 10.5. The maximum Gasteiger partial charge on any atom is 0.108 e. The van der Waals surface area contributed by atoms with Crippen LogP contribution in [0.15, 0.2) is 53.1 Å². The first-order valence-corrected chi connectivity index (χ1v) is 6.38. The third-order valence-electron chi connectivity index (χ3n) is 3.54. The molecular weight excluding hydrogens is 236 g/mol. The van der Waals surface area contributed by atoms with E-state index in [1.165, 1.54) is 10.9 Å². The van der Waals surface area contributed by atoms with Crippen LogP contribution in [0.2, 0.25) is 0 Å². The number of fused-ring (bicyclic) bond motifs is 1. The Balaban J connectivity index is 2.18. The summed E-state index contributed by atoms with van der Waals surface area (Å²) in [6, 6.07) is 14.1. The van der Waals surface area contributed by atoms with Crippen molar-refractivity contribution in [3.05, 3.63) is 71.2 Å². The number of rotatable bonds is 2. The fraction of sp³-hybridized carbons (Fsp3) is 0.176. The molecular formula is C17H16O2. The monoisotopic (exact) mass is 252 g/mol. The van der Waals surface area contributed by atoms with Crippen LogP contribution in [0.5, 0.6) is 0 Å². The lowest BCUT2D eigenvalue weighted by atomic mass is 9.95. The number of aryl methyl sites for hydroxylation is 2. The Hall–Kier alpha value is -2.06. The lowest BCUT2D eigenvalue weighted by Crippen LogP contribution is -1.99. The van der Waals surface area contributed by atoms with Gasteiger partial charge in [-0.3, -0.25) is 0 Å². The van der Waals surface area contributed by atoms with Gasteiger partial charge in [0.1, 0.15) is 11.9 Å². The van der Waals surface area contributed by atoms with E-state index in [0.29, 0.717) is 0 Å². The summed E-state index contributed by atoms with van der Waals surface area (Å²) in [6.07, 6.45) is 0.970. The highest BCUT2D eigenvalue weighted by Gasteiger charge is 2.15. The van der Waals surface area contributed by atoms with Gasteiger partial charge in [-0.05, 0) is 41.8 Å². The van der Waals surface area contributed by atoms with Crippen LogP contribution >= 0.6 is 0 Å². The van der Waals surface area contributed by atoms with Crippen LogP contribution in [0.4, 0.5) is 0 Å². The molecule has 0 radical (unpaired) electrons. The zero-order chi connectivity index (χ0) is 13.4. The number of furan rings is 1. The fourth-order valence-electron chi connectivity index (χ4n) is 2.50. The summed E-state index contributed by atoms with van der Waals surface area (Å²) >= 11 is 0. The van der Waals surface area contributed by atoms with Gasteiger partial charge in [0.2, 0.25) is 0 Å². The Morgan fingerprint density at radius 3 is 2.42 bits per heavy atom. The van der Waals surface area contributed by atoms with E-state index in [4.69, 9.17) is 4.42 Å². The number of hydrogen-bond acceptors (Lipinski definition) is 2. The molecule has 96 valence electrons. The molecule has 1 atom stereocenters. The molecule has 0 aliphatic rings. The van der Waals surface area contributed by atoms with E-state index in [0.717, 1.165) is 22.3 Å². The smallest absolute Gasteiger partial charge is 0.108 e. The molecule has 0 saturated heterocycles. The first kappa shape index (κ1) is 12.0. The minimum Gasteiger partial charge on any atom is -0.469 e. The summed E-state index contributed by atoms with van der Waals surface area (Å²) in [6.45, 7) is 3.96. The molecule has 1 heterocycles. The van der Waals surface area contributed by atoms with E-state index in [2.05, 4.69) is 13.0 Å². The van der Waals surface area contributed by atoms with Crippen LogP contribution in [0.3, 0.4) is 0 Å². The predicted molar refractivity (Wildman–Crippen MR) is 76.2 cm³/mol. The standard InChI is InChI=1S/C17H16O2/c1-11-7-8-16(15-6-4-3-5-14(11)15)17(18)13-9-12(2)19-10-13/h3-10,17-18H,1-2H3. The Bertz CT molecular complexity index is 725. The Morgan fingerprint density at radius 1 is 1.00 bits per heavy atom. The van der Waals surface area contributed by atoms with E-state index in [1.807, 2.05) is 43.3 Å². The van der Waals surface area contributed by atoms with Crippen molar-refractivity contribution in [1.29, 1.82) is 0 Å². The number of hydrogen-bond donors (Lipinski definition) is 1. The number of benzene rings is 2. The SMILES string of the molecule is Cc1cc(C(O)c2ccc(C)c3ccccc23)co1. The van der Waals surface area contributed by atoms with E-state index in [9.17, 15) is 5.11 Å². The molecule has 0 aliphatic carbocycles. The Labute approximate surface area is 112 Å². The van der Waals surface area contributed by atoms with E-state index >= 15 is 0 Å². The van der Waals surface area contributed by atoms with Crippen LogP contribution in [-0.4, -0.2) is 5.11 Å². The van der Waals surface area contributed by atoms with Gasteiger partial charge in [0, 0.05) is 5.56 Å². The summed E-state index contributed by atoms with van der Waals surface area (Å²) < 4.78 is 5.28. The molecule has 0 fully saturated rings. The zero-order valence-corrected chi connectivity index (χ0v) is 11.1. The molecule has 0 amide bonds. The average molecular weight is 252 g/mol. The predicted octanol–water partition coefficient (Wildman–Crippen LogP) is 4.13. The lowest BCUT2D eigenvalue weighted by Gasteiger charge is -2.13. The number of aliphatic hydroxyl groups excluding tert-OH is 1. The van der Waals surface area contributed by atoms with Gasteiger partial charge in [-0.1, -0.05) is 36.4 Å². The summed E-state index contributed by atoms with van der Waals surface area (Å²) in [7, 11) is 0. The molecule has 0 bridgehead atoms. The molecule has 0 spiro atoms. The summed E-state index contributed by atoms with van der Waals surface area (Å²) in [4.78, 5) is 0. The Morgan fingerprint density at radius 2 is 1.74 bits per heavy atom. The van der Waals surface area contributed by atoms with Gasteiger partial charge in [-0.25, -0.2) is 0 Å². The van der Waals surface area contributed by atoms with Gasteiger partial charge >= 0.3 is 0 Å². The molecule has 0 saturated carbocycles. The van der Waals surface area contributed by atoms with Crippen molar-refractivity contribution in [2.45, 2.75) is 20.0 Å². The third-order valence-corrected chi connectivity index (χ3v) is 3.54. The van der Waals surface area contributed by atoms with Crippen LogP contribution in [0.25, 0.3) is 10.8 Å². The maximum atomic E-state index is 10.5. The van der Waals surface area contributed by atoms with Gasteiger partial charge < -0.3 is 9.52 Å². The molecule has 19 heavy (non-hydrogen) atoms. The van der Waals surface area contributed by atoms with Crippen LogP contribution in [-0.2, 0) is 0 Å². The summed E-state index contributed by atoms with van der Waals surface area (Å²) in [5, 5.41) is 12.8. The van der Waals surface area contributed by atoms with Gasteiger partial charge in [-0.15, -0.1) is 0 Å². The molecule has 2 heteroatoms. The molecule has 1 aromatic heterocycles. The highest BCUT2D eigenvalue weighted by atomic mass is 16.3. The fourth-order valence-corrected chi connectivity index (χ4v) is 2.50. The largest absolute Gasteiger partial charge is 0.469 e. The molecule has 1 N–H and O–H groups in total. The summed E-state index contributed by atoms with van der Waals surface area (Å²) in [5.41, 5.74) is 2.93. The van der Waals surface area contributed by atoms with Crippen molar-refractivity contribution in [2.24, 2.45) is 0 Å². The van der Waals surface area contributed by atoms with Gasteiger partial charge in [0.15, 0.2) is 0 Å². The average Bonchev–Trinajstić information content (AvgIpc) is 2.86. The topological polar surface area (TPSA) is 33.4 Å². The van der Waals surface area contributed by atoms with Gasteiger partial charge in [-0.2, -0.15) is 0 Å². The first-order chi connectivity index (χ1) is 9.16. The minimum absolute atomic E-state index is 0.650. The lowest BCUT2D eigenvalue weighted by molar-refractivity contribution is 0.221. The second kappa shape index (κ2) is 4.56. The van der Waals surface area contributed by atoms with Crippen LogP contribution in [0, 0.1) is 13.8 Å². The third kappa shape index (κ3) is 2.04. The summed E-state index contributed by atoms with van der Waals surface area (Å²) in [5.74, 6) is 0.811. The van der Waals surface area contributed by atoms with E-state index in [-0.39, 0.29) is 0 Å². The number of aliphatic hydroxyl groups is 1. The van der Waals surface area contributed by atoms with Crippen molar-refractivity contribution in [3.8, 4) is 0 Å². The quantitative estimate of drug-likeness (QED) is 0.744. The van der Waals surface area contributed by atoms with Crippen molar-refractivity contribution in [2.75, 3.05) is 0 Å². The molecule has 3 rings (SSSR count). The second-order valence-electron chi connectivity index (χ2n) is 4.91. The normalized spacial score (nSPS) is 12.8.